The molecule has 84 valence electrons. The summed E-state index contributed by atoms with van der Waals surface area (Å²) in [5.74, 6) is -0.314. The summed E-state index contributed by atoms with van der Waals surface area (Å²) in [7, 11) is 0.0171. The van der Waals surface area contributed by atoms with E-state index in [2.05, 4.69) is 4.74 Å². The molecule has 0 aromatic rings. The van der Waals surface area contributed by atoms with Crippen molar-refractivity contribution < 1.29 is 17.9 Å². The second kappa shape index (κ2) is 5.31. The molecule has 0 rings (SSSR count). The van der Waals surface area contributed by atoms with E-state index in [0.717, 1.165) is 0 Å². The Morgan fingerprint density at radius 2 is 2.00 bits per heavy atom. The Kier molecular flexibility index (Phi) is 5.07. The first kappa shape index (κ1) is 13.4. The highest BCUT2D eigenvalue weighted by Gasteiger charge is 2.19. The predicted molar refractivity (Wildman–Crippen MR) is 53.8 cm³/mol. The minimum absolute atomic E-state index is 0.0465. The van der Waals surface area contributed by atoms with Crippen molar-refractivity contribution in [1.29, 1.82) is 0 Å². The van der Waals surface area contributed by atoms with Gasteiger partial charge in [0, 0.05) is 12.8 Å². The average molecular weight is 223 g/mol. The average Bonchev–Trinajstić information content (AvgIpc) is 2.10. The molecule has 0 aliphatic carbocycles. The van der Waals surface area contributed by atoms with Gasteiger partial charge in [-0.3, -0.25) is 9.69 Å². The van der Waals surface area contributed by atoms with Crippen LogP contribution in [0.1, 0.15) is 6.92 Å². The maximum absolute atomic E-state index is 11.1. The molecule has 0 saturated heterocycles. The van der Waals surface area contributed by atoms with Gasteiger partial charge in [-0.15, -0.1) is 0 Å². The molecule has 0 radical (unpaired) electrons. The summed E-state index contributed by atoms with van der Waals surface area (Å²) in [6, 6.07) is -0.415. The van der Waals surface area contributed by atoms with Crippen LogP contribution in [-0.2, 0) is 19.4 Å². The van der Waals surface area contributed by atoms with Crippen molar-refractivity contribution >= 4 is 15.8 Å². The van der Waals surface area contributed by atoms with Crippen molar-refractivity contribution in [3.8, 4) is 0 Å². The fourth-order valence-electron chi connectivity index (χ4n) is 0.854. The number of nitrogens with zero attached hydrogens (tertiary/aromatic N) is 1. The number of hydrogen-bond donors (Lipinski definition) is 0. The van der Waals surface area contributed by atoms with E-state index in [1.807, 2.05) is 0 Å². The molecule has 0 aromatic heterocycles. The molecule has 0 spiro atoms. The van der Waals surface area contributed by atoms with E-state index < -0.39 is 15.9 Å². The molecule has 1 unspecified atom stereocenters. The Bertz CT molecular complexity index is 286. The van der Waals surface area contributed by atoms with E-state index in [9.17, 15) is 13.2 Å². The zero-order valence-corrected chi connectivity index (χ0v) is 9.80. The molecule has 6 heteroatoms. The van der Waals surface area contributed by atoms with Gasteiger partial charge in [-0.05, 0) is 14.0 Å². The number of methoxy groups -OCH3 is 1. The first-order chi connectivity index (χ1) is 6.28. The van der Waals surface area contributed by atoms with E-state index in [-0.39, 0.29) is 11.7 Å². The van der Waals surface area contributed by atoms with E-state index in [0.29, 0.717) is 6.54 Å². The maximum atomic E-state index is 11.1. The molecule has 0 aliphatic rings. The number of carbonyl (C=O) groups excluding carboxylic acids is 1. The number of carbonyl (C=O) groups is 1. The quantitative estimate of drug-likeness (QED) is 0.589. The smallest absolute Gasteiger partial charge is 0.322 e. The number of rotatable bonds is 5. The standard InChI is InChI=1S/C8H17NO4S/c1-7(8(10)13-3)9(2)5-6-14(4,11)12/h7H,5-6H2,1-4H3. The lowest BCUT2D eigenvalue weighted by atomic mass is 10.3. The first-order valence-corrected chi connectivity index (χ1v) is 6.29. The van der Waals surface area contributed by atoms with Crippen LogP contribution in [0.15, 0.2) is 0 Å². The Morgan fingerprint density at radius 1 is 1.50 bits per heavy atom. The van der Waals surface area contributed by atoms with Crippen LogP contribution in [0.25, 0.3) is 0 Å². The molecule has 0 bridgehead atoms. The van der Waals surface area contributed by atoms with Crippen molar-refractivity contribution in [1.82, 2.24) is 4.90 Å². The summed E-state index contributed by atoms with van der Waals surface area (Å²) in [5.41, 5.74) is 0. The van der Waals surface area contributed by atoms with Crippen molar-refractivity contribution in [2.75, 3.05) is 32.7 Å². The van der Waals surface area contributed by atoms with Crippen LogP contribution in [0.5, 0.6) is 0 Å². The van der Waals surface area contributed by atoms with Crippen LogP contribution in [-0.4, -0.2) is 58.0 Å². The molecule has 0 N–H and O–H groups in total. The second-order valence-corrected chi connectivity index (χ2v) is 5.57. The number of ether oxygens (including phenoxy) is 1. The highest BCUT2D eigenvalue weighted by atomic mass is 32.2. The van der Waals surface area contributed by atoms with Gasteiger partial charge in [-0.25, -0.2) is 8.42 Å². The monoisotopic (exact) mass is 223 g/mol. The zero-order chi connectivity index (χ0) is 11.4. The number of esters is 1. The summed E-state index contributed by atoms with van der Waals surface area (Å²) in [5, 5.41) is 0. The van der Waals surface area contributed by atoms with Crippen LogP contribution in [0.4, 0.5) is 0 Å². The van der Waals surface area contributed by atoms with Crippen molar-refractivity contribution in [3.05, 3.63) is 0 Å². The minimum atomic E-state index is -2.98. The molecule has 1 atom stereocenters. The fourth-order valence-corrected chi connectivity index (χ4v) is 1.47. The third kappa shape index (κ3) is 5.18. The van der Waals surface area contributed by atoms with Gasteiger partial charge in [0.2, 0.25) is 0 Å². The first-order valence-electron chi connectivity index (χ1n) is 4.23. The Hall–Kier alpha value is -0.620. The van der Waals surface area contributed by atoms with Crippen LogP contribution in [0.3, 0.4) is 0 Å². The SMILES string of the molecule is COC(=O)C(C)N(C)CCS(C)(=O)=O. The van der Waals surface area contributed by atoms with Gasteiger partial charge in [-0.2, -0.15) is 0 Å². The zero-order valence-electron chi connectivity index (χ0n) is 8.98. The summed E-state index contributed by atoms with van der Waals surface area (Å²) >= 11 is 0. The van der Waals surface area contributed by atoms with E-state index in [4.69, 9.17) is 0 Å². The molecular weight excluding hydrogens is 206 g/mol. The van der Waals surface area contributed by atoms with Gasteiger partial charge in [-0.1, -0.05) is 0 Å². The van der Waals surface area contributed by atoms with Crippen molar-refractivity contribution in [2.45, 2.75) is 13.0 Å². The third-order valence-electron chi connectivity index (χ3n) is 2.02. The van der Waals surface area contributed by atoms with Crippen molar-refractivity contribution in [3.63, 3.8) is 0 Å². The van der Waals surface area contributed by atoms with Crippen LogP contribution >= 0.6 is 0 Å². The fraction of sp³-hybridized carbons (Fsp3) is 0.875. The molecule has 5 nitrogen and oxygen atoms in total. The summed E-state index contributed by atoms with van der Waals surface area (Å²) in [6.45, 7) is 2.00. The summed E-state index contributed by atoms with van der Waals surface area (Å²) < 4.78 is 26.2. The van der Waals surface area contributed by atoms with Gasteiger partial charge < -0.3 is 4.74 Å². The van der Waals surface area contributed by atoms with Gasteiger partial charge in [0.1, 0.15) is 15.9 Å². The predicted octanol–water partition coefficient (Wildman–Crippen LogP) is -0.476. The normalized spacial score (nSPS) is 14.1. The lowest BCUT2D eigenvalue weighted by Crippen LogP contribution is -2.39. The van der Waals surface area contributed by atoms with Gasteiger partial charge in [0.05, 0.1) is 12.9 Å². The molecule has 14 heavy (non-hydrogen) atoms. The Morgan fingerprint density at radius 3 is 2.36 bits per heavy atom. The Balaban J connectivity index is 4.09. The summed E-state index contributed by atoms with van der Waals surface area (Å²) in [6.07, 6.45) is 1.17. The third-order valence-corrected chi connectivity index (χ3v) is 2.94. The highest BCUT2D eigenvalue weighted by Crippen LogP contribution is 1.98. The molecule has 0 amide bonds. The molecule has 0 heterocycles. The lowest BCUT2D eigenvalue weighted by Gasteiger charge is -2.21. The van der Waals surface area contributed by atoms with Crippen LogP contribution in [0, 0.1) is 0 Å². The van der Waals surface area contributed by atoms with Gasteiger partial charge in [0.25, 0.3) is 0 Å². The number of sulfone groups is 1. The van der Waals surface area contributed by atoms with Gasteiger partial charge >= 0.3 is 5.97 Å². The molecule has 0 aliphatic heterocycles. The number of hydrogen-bond acceptors (Lipinski definition) is 5. The largest absolute Gasteiger partial charge is 0.468 e. The van der Waals surface area contributed by atoms with E-state index >= 15 is 0 Å². The minimum Gasteiger partial charge on any atom is -0.468 e. The maximum Gasteiger partial charge on any atom is 0.322 e. The van der Waals surface area contributed by atoms with Crippen molar-refractivity contribution in [2.24, 2.45) is 0 Å². The lowest BCUT2D eigenvalue weighted by molar-refractivity contribution is -0.145. The van der Waals surface area contributed by atoms with E-state index in [1.165, 1.54) is 13.4 Å². The Labute approximate surface area is 85.0 Å². The highest BCUT2D eigenvalue weighted by molar-refractivity contribution is 7.90. The van der Waals surface area contributed by atoms with Crippen LogP contribution < -0.4 is 0 Å². The second-order valence-electron chi connectivity index (χ2n) is 3.31. The number of likely N-dealkylation sites (N-methyl/N-ethyl adjacent to an activating group) is 1. The van der Waals surface area contributed by atoms with E-state index in [1.54, 1.807) is 18.9 Å². The van der Waals surface area contributed by atoms with Gasteiger partial charge in [0.15, 0.2) is 0 Å². The molecule has 0 aromatic carbocycles. The molecule has 0 fully saturated rings. The topological polar surface area (TPSA) is 63.7 Å². The van der Waals surface area contributed by atoms with Crippen LogP contribution in [0.2, 0.25) is 0 Å². The molecule has 0 saturated carbocycles. The molecular formula is C8H17NO4S. The summed E-state index contributed by atoms with van der Waals surface area (Å²) in [4.78, 5) is 12.7.